The Kier molecular flexibility index (Phi) is 4.57. The first-order chi connectivity index (χ1) is 11.1. The van der Waals surface area contributed by atoms with Crippen molar-refractivity contribution in [1.29, 1.82) is 0 Å². The summed E-state index contributed by atoms with van der Waals surface area (Å²) in [6.45, 7) is 4.92. The van der Waals surface area contributed by atoms with E-state index in [-0.39, 0.29) is 11.9 Å². The molecule has 0 spiro atoms. The molecule has 23 heavy (non-hydrogen) atoms. The number of carbonyl (C=O) groups is 1. The molecule has 1 aliphatic rings. The van der Waals surface area contributed by atoms with Crippen molar-refractivity contribution in [1.82, 2.24) is 15.1 Å². The van der Waals surface area contributed by atoms with Gasteiger partial charge in [0.15, 0.2) is 0 Å². The van der Waals surface area contributed by atoms with E-state index in [9.17, 15) is 4.79 Å². The second-order valence-electron chi connectivity index (χ2n) is 5.75. The number of nitrogens with zero attached hydrogens (tertiary/aromatic N) is 2. The van der Waals surface area contributed by atoms with Crippen LogP contribution in [0.2, 0.25) is 5.02 Å². The second kappa shape index (κ2) is 6.62. The van der Waals surface area contributed by atoms with E-state index >= 15 is 0 Å². The zero-order valence-corrected chi connectivity index (χ0v) is 14.1. The lowest BCUT2D eigenvalue weighted by molar-refractivity contribution is -0.122. The van der Waals surface area contributed by atoms with E-state index in [0.29, 0.717) is 24.6 Å². The number of halogens is 1. The monoisotopic (exact) mass is 333 g/mol. The van der Waals surface area contributed by atoms with Crippen molar-refractivity contribution in [3.8, 4) is 5.75 Å². The zero-order chi connectivity index (χ0) is 16.4. The number of aromatic nitrogens is 2. The largest absolute Gasteiger partial charge is 0.493 e. The lowest BCUT2D eigenvalue weighted by atomic mass is 10.0. The number of aryl methyl sites for hydroxylation is 2. The predicted octanol–water partition coefficient (Wildman–Crippen LogP) is 3.18. The van der Waals surface area contributed by atoms with Crippen LogP contribution in [0.25, 0.3) is 0 Å². The van der Waals surface area contributed by atoms with Crippen molar-refractivity contribution in [2.45, 2.75) is 39.3 Å². The minimum atomic E-state index is 0.00961. The number of ether oxygens (including phenoxy) is 1. The fraction of sp³-hybridized carbons (Fsp3) is 0.412. The quantitative estimate of drug-likeness (QED) is 0.935. The van der Waals surface area contributed by atoms with Gasteiger partial charge in [0, 0.05) is 18.4 Å². The van der Waals surface area contributed by atoms with Crippen LogP contribution in [0.15, 0.2) is 24.3 Å². The van der Waals surface area contributed by atoms with Gasteiger partial charge in [0.1, 0.15) is 5.75 Å². The van der Waals surface area contributed by atoms with Crippen molar-refractivity contribution in [2.24, 2.45) is 0 Å². The molecule has 0 fully saturated rings. The predicted molar refractivity (Wildman–Crippen MR) is 88.8 cm³/mol. The van der Waals surface area contributed by atoms with Gasteiger partial charge in [0.05, 0.1) is 35.6 Å². The first-order valence-corrected chi connectivity index (χ1v) is 8.14. The summed E-state index contributed by atoms with van der Waals surface area (Å²) < 4.78 is 7.40. The van der Waals surface area contributed by atoms with Crippen LogP contribution in [0.5, 0.6) is 5.75 Å². The lowest BCUT2D eigenvalue weighted by Gasteiger charge is -2.26. The molecule has 0 radical (unpaired) electrons. The molecule has 1 N–H and O–H groups in total. The summed E-state index contributed by atoms with van der Waals surface area (Å²) in [5.74, 6) is 0.866. The number of nitrogens with one attached hydrogen (secondary N) is 1. The van der Waals surface area contributed by atoms with Crippen LogP contribution < -0.4 is 10.1 Å². The number of hydrogen-bond acceptors (Lipinski definition) is 3. The minimum Gasteiger partial charge on any atom is -0.493 e. The fourth-order valence-electron chi connectivity index (χ4n) is 2.86. The Hall–Kier alpha value is -2.01. The number of amides is 1. The molecule has 3 rings (SSSR count). The number of rotatable bonds is 4. The van der Waals surface area contributed by atoms with Crippen LogP contribution >= 0.6 is 11.6 Å². The number of hydrogen-bond donors (Lipinski definition) is 1. The maximum absolute atomic E-state index is 12.3. The van der Waals surface area contributed by atoms with Crippen LogP contribution in [0, 0.1) is 13.8 Å². The molecule has 0 saturated heterocycles. The van der Waals surface area contributed by atoms with Crippen LogP contribution in [0.3, 0.4) is 0 Å². The van der Waals surface area contributed by atoms with E-state index in [2.05, 4.69) is 10.4 Å². The third-order valence-electron chi connectivity index (χ3n) is 4.14. The average Bonchev–Trinajstić information content (AvgIpc) is 2.80. The number of carbonyl (C=O) groups excluding carboxylic acids is 1. The molecular formula is C17H20ClN3O2. The highest BCUT2D eigenvalue weighted by Crippen LogP contribution is 2.31. The highest BCUT2D eigenvalue weighted by molar-refractivity contribution is 6.31. The molecule has 122 valence electrons. The van der Waals surface area contributed by atoms with Gasteiger partial charge in [-0.05, 0) is 19.9 Å². The Bertz CT molecular complexity index is 727. The zero-order valence-electron chi connectivity index (χ0n) is 13.3. The van der Waals surface area contributed by atoms with Gasteiger partial charge in [0.2, 0.25) is 5.91 Å². The smallest absolute Gasteiger partial charge is 0.222 e. The molecule has 1 atom stereocenters. The average molecular weight is 334 g/mol. The van der Waals surface area contributed by atoms with Gasteiger partial charge >= 0.3 is 0 Å². The van der Waals surface area contributed by atoms with E-state index in [0.717, 1.165) is 29.1 Å². The highest BCUT2D eigenvalue weighted by atomic mass is 35.5. The van der Waals surface area contributed by atoms with E-state index in [1.54, 1.807) is 4.68 Å². The molecule has 1 aromatic heterocycles. The van der Waals surface area contributed by atoms with Crippen LogP contribution in [0.4, 0.5) is 0 Å². The number of para-hydroxylation sites is 1. The first kappa shape index (κ1) is 15.9. The van der Waals surface area contributed by atoms with Crippen LogP contribution in [-0.4, -0.2) is 22.3 Å². The highest BCUT2D eigenvalue weighted by Gasteiger charge is 2.22. The van der Waals surface area contributed by atoms with E-state index < -0.39 is 0 Å². The minimum absolute atomic E-state index is 0.00961. The molecule has 0 bridgehead atoms. The maximum atomic E-state index is 12.3. The number of fused-ring (bicyclic) bond motifs is 1. The summed E-state index contributed by atoms with van der Waals surface area (Å²) in [7, 11) is 0. The molecule has 0 saturated carbocycles. The Morgan fingerprint density at radius 3 is 2.96 bits per heavy atom. The van der Waals surface area contributed by atoms with Gasteiger partial charge in [0.25, 0.3) is 0 Å². The van der Waals surface area contributed by atoms with Crippen molar-refractivity contribution in [3.05, 3.63) is 46.2 Å². The Morgan fingerprint density at radius 1 is 1.43 bits per heavy atom. The molecule has 1 aromatic carbocycles. The molecule has 0 unspecified atom stereocenters. The van der Waals surface area contributed by atoms with Gasteiger partial charge in [-0.1, -0.05) is 29.8 Å². The lowest BCUT2D eigenvalue weighted by Crippen LogP contribution is -2.32. The van der Waals surface area contributed by atoms with E-state index in [1.807, 2.05) is 38.1 Å². The molecule has 5 nitrogen and oxygen atoms in total. The number of benzene rings is 1. The van der Waals surface area contributed by atoms with Crippen LogP contribution in [0.1, 0.15) is 35.8 Å². The van der Waals surface area contributed by atoms with Crippen molar-refractivity contribution in [3.63, 3.8) is 0 Å². The van der Waals surface area contributed by atoms with E-state index in [4.69, 9.17) is 16.3 Å². The summed E-state index contributed by atoms with van der Waals surface area (Å²) in [5.41, 5.74) is 2.73. The molecule has 6 heteroatoms. The molecule has 0 aliphatic carbocycles. The summed E-state index contributed by atoms with van der Waals surface area (Å²) in [6.07, 6.45) is 1.16. The van der Waals surface area contributed by atoms with Crippen molar-refractivity contribution < 1.29 is 9.53 Å². The Morgan fingerprint density at radius 2 is 2.22 bits per heavy atom. The standard InChI is InChI=1S/C17H20ClN3O2/c1-11-17(18)12(2)21(20-11)9-7-16(22)19-14-8-10-23-15-6-4-3-5-13(14)15/h3-6,14H,7-10H2,1-2H3,(H,19,22)/t14-/m1/s1. The van der Waals surface area contributed by atoms with Crippen molar-refractivity contribution in [2.75, 3.05) is 6.61 Å². The fourth-order valence-corrected chi connectivity index (χ4v) is 2.99. The van der Waals surface area contributed by atoms with E-state index in [1.165, 1.54) is 0 Å². The molecule has 2 aromatic rings. The van der Waals surface area contributed by atoms with Gasteiger partial charge < -0.3 is 10.1 Å². The molecule has 2 heterocycles. The Labute approximate surface area is 140 Å². The SMILES string of the molecule is Cc1nn(CCC(=O)N[C@@H]2CCOc3ccccc32)c(C)c1Cl. The van der Waals surface area contributed by atoms with Gasteiger partial charge in [-0.3, -0.25) is 9.48 Å². The first-order valence-electron chi connectivity index (χ1n) is 7.77. The third-order valence-corrected chi connectivity index (χ3v) is 4.68. The summed E-state index contributed by atoms with van der Waals surface area (Å²) in [5, 5.41) is 8.11. The van der Waals surface area contributed by atoms with Crippen LogP contribution in [-0.2, 0) is 11.3 Å². The topological polar surface area (TPSA) is 56.2 Å². The summed E-state index contributed by atoms with van der Waals surface area (Å²) in [4.78, 5) is 12.3. The van der Waals surface area contributed by atoms with Gasteiger partial charge in [-0.15, -0.1) is 0 Å². The van der Waals surface area contributed by atoms with Crippen molar-refractivity contribution >= 4 is 17.5 Å². The third kappa shape index (κ3) is 3.34. The second-order valence-corrected chi connectivity index (χ2v) is 6.13. The molecular weight excluding hydrogens is 314 g/mol. The Balaban J connectivity index is 1.61. The summed E-state index contributed by atoms with van der Waals surface area (Å²) >= 11 is 6.13. The van der Waals surface area contributed by atoms with Gasteiger partial charge in [-0.25, -0.2) is 0 Å². The maximum Gasteiger partial charge on any atom is 0.222 e. The molecule has 1 aliphatic heterocycles. The summed E-state index contributed by atoms with van der Waals surface area (Å²) in [6, 6.07) is 7.85. The van der Waals surface area contributed by atoms with Gasteiger partial charge in [-0.2, -0.15) is 5.10 Å². The normalized spacial score (nSPS) is 16.6. The molecule has 1 amide bonds.